The molecular weight excluding hydrogens is 236 g/mol. The van der Waals surface area contributed by atoms with E-state index in [1.807, 2.05) is 18.7 Å². The molecule has 1 fully saturated rings. The minimum atomic E-state index is -1.62. The molecule has 0 unspecified atom stereocenters. The van der Waals surface area contributed by atoms with Gasteiger partial charge in [-0.15, -0.1) is 5.10 Å². The van der Waals surface area contributed by atoms with Crippen LogP contribution in [0.4, 0.5) is 5.95 Å². The van der Waals surface area contributed by atoms with Gasteiger partial charge < -0.3 is 15.1 Å². The first-order valence-electron chi connectivity index (χ1n) is 5.81. The van der Waals surface area contributed by atoms with Crippen molar-refractivity contribution >= 4 is 11.9 Å². The van der Waals surface area contributed by atoms with Crippen molar-refractivity contribution in [2.75, 3.05) is 18.0 Å². The molecule has 1 saturated heterocycles. The van der Waals surface area contributed by atoms with Crippen molar-refractivity contribution in [3.05, 3.63) is 11.4 Å². The molecule has 0 radical (unpaired) electrons. The topological polar surface area (TPSA) is 99.4 Å². The summed E-state index contributed by atoms with van der Waals surface area (Å²) in [4.78, 5) is 17.1. The van der Waals surface area contributed by atoms with Gasteiger partial charge in [-0.1, -0.05) is 0 Å². The fourth-order valence-electron chi connectivity index (χ4n) is 1.87. The molecule has 0 aliphatic carbocycles. The van der Waals surface area contributed by atoms with E-state index in [4.69, 9.17) is 5.11 Å². The molecule has 18 heavy (non-hydrogen) atoms. The predicted molar refractivity (Wildman–Crippen MR) is 63.3 cm³/mol. The third kappa shape index (κ3) is 2.26. The molecule has 1 aliphatic rings. The van der Waals surface area contributed by atoms with Crippen LogP contribution in [-0.4, -0.2) is 50.1 Å². The minimum absolute atomic E-state index is 0.165. The minimum Gasteiger partial charge on any atom is -0.479 e. The first kappa shape index (κ1) is 12.7. The van der Waals surface area contributed by atoms with E-state index < -0.39 is 11.6 Å². The zero-order valence-electron chi connectivity index (χ0n) is 10.4. The number of piperidine rings is 1. The molecular formula is C11H16N4O3. The lowest BCUT2D eigenvalue weighted by molar-refractivity contribution is -0.160. The third-order valence-corrected chi connectivity index (χ3v) is 3.35. The molecule has 1 aromatic heterocycles. The fraction of sp³-hybridized carbons (Fsp3) is 0.636. The third-order valence-electron chi connectivity index (χ3n) is 3.35. The van der Waals surface area contributed by atoms with Gasteiger partial charge in [0.1, 0.15) is 0 Å². The van der Waals surface area contributed by atoms with Crippen molar-refractivity contribution in [3.63, 3.8) is 0 Å². The molecule has 7 nitrogen and oxygen atoms in total. The van der Waals surface area contributed by atoms with E-state index in [9.17, 15) is 9.90 Å². The molecule has 0 bridgehead atoms. The number of hydrogen-bond donors (Lipinski definition) is 2. The van der Waals surface area contributed by atoms with E-state index >= 15 is 0 Å². The highest BCUT2D eigenvalue weighted by Gasteiger charge is 2.39. The Balaban J connectivity index is 2.10. The normalized spacial score (nSPS) is 18.7. The molecule has 0 amide bonds. The Morgan fingerprint density at radius 2 is 1.83 bits per heavy atom. The van der Waals surface area contributed by atoms with Gasteiger partial charge in [0.2, 0.25) is 5.95 Å². The lowest BCUT2D eigenvalue weighted by atomic mass is 9.92. The van der Waals surface area contributed by atoms with Gasteiger partial charge in [-0.3, -0.25) is 0 Å². The molecule has 2 N–H and O–H groups in total. The van der Waals surface area contributed by atoms with Crippen LogP contribution >= 0.6 is 0 Å². The summed E-state index contributed by atoms with van der Waals surface area (Å²) in [5.74, 6) is -0.674. The molecule has 0 spiro atoms. The Hall–Kier alpha value is -1.76. The SMILES string of the molecule is Cc1nnc(N2CCC(O)(C(=O)O)CC2)nc1C. The maximum Gasteiger partial charge on any atom is 0.335 e. The Bertz CT molecular complexity index is 469. The second-order valence-electron chi connectivity index (χ2n) is 4.61. The lowest BCUT2D eigenvalue weighted by Crippen LogP contribution is -2.49. The largest absolute Gasteiger partial charge is 0.479 e. The molecule has 7 heteroatoms. The molecule has 2 rings (SSSR count). The summed E-state index contributed by atoms with van der Waals surface area (Å²) in [6, 6.07) is 0. The quantitative estimate of drug-likeness (QED) is 0.758. The van der Waals surface area contributed by atoms with Gasteiger partial charge in [0.05, 0.1) is 11.4 Å². The van der Waals surface area contributed by atoms with Crippen LogP contribution in [0.25, 0.3) is 0 Å². The first-order valence-corrected chi connectivity index (χ1v) is 5.81. The van der Waals surface area contributed by atoms with Crippen molar-refractivity contribution in [1.82, 2.24) is 15.2 Å². The summed E-state index contributed by atoms with van der Waals surface area (Å²) < 4.78 is 0. The van der Waals surface area contributed by atoms with Gasteiger partial charge in [-0.2, -0.15) is 5.10 Å². The number of aromatic nitrogens is 3. The molecule has 1 aliphatic heterocycles. The molecule has 2 heterocycles. The first-order chi connectivity index (χ1) is 8.42. The average Bonchev–Trinajstić information content (AvgIpc) is 2.34. The van der Waals surface area contributed by atoms with Gasteiger partial charge in [0.25, 0.3) is 0 Å². The van der Waals surface area contributed by atoms with Gasteiger partial charge in [-0.25, -0.2) is 9.78 Å². The van der Waals surface area contributed by atoms with E-state index in [-0.39, 0.29) is 12.8 Å². The maximum atomic E-state index is 10.9. The average molecular weight is 252 g/mol. The van der Waals surface area contributed by atoms with Gasteiger partial charge >= 0.3 is 5.97 Å². The summed E-state index contributed by atoms with van der Waals surface area (Å²) in [6.07, 6.45) is 0.331. The number of anilines is 1. The number of carbonyl (C=O) groups is 1. The number of rotatable bonds is 2. The van der Waals surface area contributed by atoms with Crippen molar-refractivity contribution in [3.8, 4) is 0 Å². The fourth-order valence-corrected chi connectivity index (χ4v) is 1.87. The van der Waals surface area contributed by atoms with Gasteiger partial charge in [-0.05, 0) is 13.8 Å². The summed E-state index contributed by atoms with van der Waals surface area (Å²) in [7, 11) is 0. The smallest absolute Gasteiger partial charge is 0.335 e. The second kappa shape index (κ2) is 4.49. The number of hydrogen-bond acceptors (Lipinski definition) is 6. The molecule has 1 aromatic rings. The van der Waals surface area contributed by atoms with E-state index in [1.165, 1.54) is 0 Å². The lowest BCUT2D eigenvalue weighted by Gasteiger charge is -2.35. The number of aliphatic hydroxyl groups is 1. The summed E-state index contributed by atoms with van der Waals surface area (Å²) in [6.45, 7) is 4.50. The van der Waals surface area contributed by atoms with Crippen LogP contribution in [0.2, 0.25) is 0 Å². The van der Waals surface area contributed by atoms with Crippen molar-refractivity contribution in [1.29, 1.82) is 0 Å². The monoisotopic (exact) mass is 252 g/mol. The highest BCUT2D eigenvalue weighted by molar-refractivity contribution is 5.77. The van der Waals surface area contributed by atoms with E-state index in [2.05, 4.69) is 15.2 Å². The molecule has 0 aromatic carbocycles. The number of aryl methyl sites for hydroxylation is 2. The van der Waals surface area contributed by atoms with E-state index in [0.29, 0.717) is 19.0 Å². The predicted octanol–water partition coefficient (Wildman–Crippen LogP) is -0.0957. The van der Waals surface area contributed by atoms with Crippen LogP contribution < -0.4 is 4.90 Å². The summed E-state index contributed by atoms with van der Waals surface area (Å²) in [5.41, 5.74) is -0.0409. The highest BCUT2D eigenvalue weighted by atomic mass is 16.4. The van der Waals surface area contributed by atoms with Crippen molar-refractivity contribution < 1.29 is 15.0 Å². The van der Waals surface area contributed by atoms with Crippen LogP contribution in [0.5, 0.6) is 0 Å². The van der Waals surface area contributed by atoms with E-state index in [0.717, 1.165) is 11.4 Å². The van der Waals surface area contributed by atoms with Gasteiger partial charge in [0.15, 0.2) is 5.60 Å². The van der Waals surface area contributed by atoms with Crippen LogP contribution in [0.1, 0.15) is 24.2 Å². The number of nitrogens with zero attached hydrogens (tertiary/aromatic N) is 4. The molecule has 0 atom stereocenters. The van der Waals surface area contributed by atoms with Crippen molar-refractivity contribution in [2.24, 2.45) is 0 Å². The Labute approximate surface area is 104 Å². The highest BCUT2D eigenvalue weighted by Crippen LogP contribution is 2.24. The summed E-state index contributed by atoms with van der Waals surface area (Å²) in [5, 5.41) is 26.7. The van der Waals surface area contributed by atoms with Crippen LogP contribution in [0, 0.1) is 13.8 Å². The zero-order valence-corrected chi connectivity index (χ0v) is 10.4. The maximum absolute atomic E-state index is 10.9. The van der Waals surface area contributed by atoms with E-state index in [1.54, 1.807) is 0 Å². The zero-order chi connectivity index (χ0) is 13.3. The van der Waals surface area contributed by atoms with Crippen LogP contribution in [-0.2, 0) is 4.79 Å². The molecule has 98 valence electrons. The molecule has 0 saturated carbocycles. The van der Waals surface area contributed by atoms with Crippen molar-refractivity contribution in [2.45, 2.75) is 32.3 Å². The number of carboxylic acids is 1. The Morgan fingerprint density at radius 3 is 2.33 bits per heavy atom. The Morgan fingerprint density at radius 1 is 1.22 bits per heavy atom. The van der Waals surface area contributed by atoms with Crippen LogP contribution in [0.3, 0.4) is 0 Å². The van der Waals surface area contributed by atoms with Crippen LogP contribution in [0.15, 0.2) is 0 Å². The summed E-state index contributed by atoms with van der Waals surface area (Å²) >= 11 is 0. The Kier molecular flexibility index (Phi) is 3.16. The standard InChI is InChI=1S/C11H16N4O3/c1-7-8(2)13-14-10(12-7)15-5-3-11(18,4-6-15)9(16)17/h18H,3-6H2,1-2H3,(H,16,17). The number of carboxylic acid groups (broad SMARTS) is 1. The van der Waals surface area contributed by atoms with Gasteiger partial charge in [0, 0.05) is 25.9 Å². The number of aliphatic carboxylic acids is 1. The second-order valence-corrected chi connectivity index (χ2v) is 4.61.